The number of aryl methyl sites for hydroxylation is 1. The lowest BCUT2D eigenvalue weighted by molar-refractivity contribution is -0.144. The highest BCUT2D eigenvalue weighted by Crippen LogP contribution is 2.48. The monoisotopic (exact) mass is 495 g/mol. The van der Waals surface area contributed by atoms with Crippen molar-refractivity contribution in [3.8, 4) is 0 Å². The predicted molar refractivity (Wildman–Crippen MR) is 130 cm³/mol. The smallest absolute Gasteiger partial charge is 0.350 e. The summed E-state index contributed by atoms with van der Waals surface area (Å²) in [6, 6.07) is 8.09. The molecule has 2 aliphatic rings. The molecule has 0 spiro atoms. The van der Waals surface area contributed by atoms with E-state index in [9.17, 15) is 17.6 Å². The van der Waals surface area contributed by atoms with E-state index in [4.69, 9.17) is 0 Å². The molecule has 190 valence electrons. The van der Waals surface area contributed by atoms with Crippen molar-refractivity contribution in [1.82, 2.24) is 30.1 Å². The van der Waals surface area contributed by atoms with Crippen LogP contribution >= 0.6 is 0 Å². The van der Waals surface area contributed by atoms with Crippen LogP contribution in [0.3, 0.4) is 0 Å². The third-order valence-corrected chi connectivity index (χ3v) is 6.22. The SMILES string of the molecule is Cc1cc(Nc2cc(N3CC(F)(C4CC4)C3)nc(Nc3ccc4nc(C(F)(F)F)[nH]c4c3)n2)n[nH]1.[HH].[HH].[HH].[HH]. The first-order valence-corrected chi connectivity index (χ1v) is 11.1. The summed E-state index contributed by atoms with van der Waals surface area (Å²) in [5.74, 6) is 0.785. The molecule has 4 heterocycles. The van der Waals surface area contributed by atoms with Gasteiger partial charge in [0.25, 0.3) is 0 Å². The number of H-pyrrole nitrogens is 2. The maximum absolute atomic E-state index is 14.9. The highest BCUT2D eigenvalue weighted by molar-refractivity contribution is 5.80. The van der Waals surface area contributed by atoms with Crippen LogP contribution in [0.25, 0.3) is 11.0 Å². The van der Waals surface area contributed by atoms with Gasteiger partial charge >= 0.3 is 6.18 Å². The molecule has 0 bridgehead atoms. The van der Waals surface area contributed by atoms with Crippen LogP contribution in [-0.4, -0.2) is 48.9 Å². The van der Waals surface area contributed by atoms with Gasteiger partial charge in [0, 0.05) is 29.2 Å². The standard InChI is InChI=1S/C22H21F4N9.4H2/c1-11-6-17(34-33-11)30-16-8-18(35-9-21(23,10-35)12-2-3-12)32-20(31-16)27-13-4-5-14-15(7-13)29-19(28-14)22(24,25)26;;;;/h4-8,12H,2-3,9-10H2,1H3,(H,28,29)(H3,27,30,31,32,33,34);4*1H. The van der Waals surface area contributed by atoms with Crippen molar-refractivity contribution in [2.24, 2.45) is 5.92 Å². The molecule has 3 aromatic heterocycles. The van der Waals surface area contributed by atoms with Crippen molar-refractivity contribution in [3.63, 3.8) is 0 Å². The molecule has 1 saturated carbocycles. The van der Waals surface area contributed by atoms with Crippen molar-refractivity contribution in [3.05, 3.63) is 41.9 Å². The number of aromatic amines is 2. The number of alkyl halides is 4. The van der Waals surface area contributed by atoms with E-state index in [-0.39, 0.29) is 41.7 Å². The first kappa shape index (κ1) is 21.6. The summed E-state index contributed by atoms with van der Waals surface area (Å²) in [5.41, 5.74) is 0.551. The number of rotatable bonds is 6. The second-order valence-electron chi connectivity index (χ2n) is 9.10. The van der Waals surface area contributed by atoms with Gasteiger partial charge in [-0.3, -0.25) is 5.10 Å². The Morgan fingerprint density at radius 3 is 2.54 bits per heavy atom. The Morgan fingerprint density at radius 2 is 1.86 bits per heavy atom. The molecule has 9 nitrogen and oxygen atoms in total. The van der Waals surface area contributed by atoms with Crippen molar-refractivity contribution in [2.45, 2.75) is 31.6 Å². The number of benzene rings is 1. The fraction of sp³-hybridized carbons (Fsp3) is 0.364. The average molecular weight is 496 g/mol. The molecule has 4 aromatic rings. The van der Waals surface area contributed by atoms with E-state index in [0.717, 1.165) is 18.5 Å². The molecule has 1 aliphatic carbocycles. The van der Waals surface area contributed by atoms with Crippen LogP contribution in [0.15, 0.2) is 30.3 Å². The number of fused-ring (bicyclic) bond motifs is 1. The van der Waals surface area contributed by atoms with Gasteiger partial charge < -0.3 is 20.5 Å². The van der Waals surface area contributed by atoms with E-state index in [2.05, 4.69) is 40.8 Å². The predicted octanol–water partition coefficient (Wildman–Crippen LogP) is 5.81. The molecule has 0 radical (unpaired) electrons. The van der Waals surface area contributed by atoms with Crippen molar-refractivity contribution >= 4 is 40.1 Å². The molecule has 4 N–H and O–H groups in total. The Morgan fingerprint density at radius 1 is 1.06 bits per heavy atom. The van der Waals surface area contributed by atoms with Crippen LogP contribution < -0.4 is 15.5 Å². The molecule has 1 aliphatic heterocycles. The summed E-state index contributed by atoms with van der Waals surface area (Å²) in [6.45, 7) is 2.38. The first-order valence-electron chi connectivity index (χ1n) is 11.1. The van der Waals surface area contributed by atoms with Crippen LogP contribution in [0.5, 0.6) is 0 Å². The van der Waals surface area contributed by atoms with Gasteiger partial charge in [-0.15, -0.1) is 0 Å². The topological polar surface area (TPSA) is 110 Å². The van der Waals surface area contributed by atoms with E-state index in [1.165, 1.54) is 12.1 Å². The van der Waals surface area contributed by atoms with Crippen LogP contribution in [0.2, 0.25) is 0 Å². The molecule has 6 rings (SSSR count). The van der Waals surface area contributed by atoms with E-state index in [1.807, 2.05) is 17.9 Å². The normalized spacial score (nSPS) is 17.5. The molecule has 0 unspecified atom stereocenters. The number of nitrogens with zero attached hydrogens (tertiary/aromatic N) is 5. The molecule has 35 heavy (non-hydrogen) atoms. The first-order chi connectivity index (χ1) is 16.6. The summed E-state index contributed by atoms with van der Waals surface area (Å²) in [7, 11) is 0. The zero-order chi connectivity index (χ0) is 24.4. The van der Waals surface area contributed by atoms with Crippen molar-refractivity contribution in [2.75, 3.05) is 28.6 Å². The van der Waals surface area contributed by atoms with Crippen LogP contribution in [0.1, 0.15) is 30.1 Å². The quantitative estimate of drug-likeness (QED) is 0.250. The average Bonchev–Trinajstić information content (AvgIpc) is 3.41. The lowest BCUT2D eigenvalue weighted by Crippen LogP contribution is -2.60. The highest BCUT2D eigenvalue weighted by Gasteiger charge is 2.54. The summed E-state index contributed by atoms with van der Waals surface area (Å²) in [4.78, 5) is 16.7. The number of aromatic nitrogens is 6. The Kier molecular flexibility index (Phi) is 4.66. The van der Waals surface area contributed by atoms with E-state index >= 15 is 0 Å². The number of halogens is 4. The van der Waals surface area contributed by atoms with Crippen LogP contribution in [0.4, 0.5) is 46.7 Å². The Bertz CT molecular complexity index is 1420. The van der Waals surface area contributed by atoms with E-state index in [1.54, 1.807) is 12.1 Å². The third kappa shape index (κ3) is 4.21. The third-order valence-electron chi connectivity index (χ3n) is 6.22. The molecular formula is C22H29F4N9. The summed E-state index contributed by atoms with van der Waals surface area (Å²) in [6.07, 6.45) is -2.74. The van der Waals surface area contributed by atoms with Crippen molar-refractivity contribution < 1.29 is 23.3 Å². The fourth-order valence-corrected chi connectivity index (χ4v) is 4.29. The molecule has 0 atom stereocenters. The minimum absolute atomic E-state index is 0. The van der Waals surface area contributed by atoms with Crippen LogP contribution in [0, 0.1) is 12.8 Å². The highest BCUT2D eigenvalue weighted by atomic mass is 19.4. The Balaban J connectivity index is 0.00000133. The largest absolute Gasteiger partial charge is 0.449 e. The maximum Gasteiger partial charge on any atom is 0.449 e. The number of anilines is 5. The Labute approximate surface area is 202 Å². The second kappa shape index (κ2) is 7.55. The minimum atomic E-state index is -4.57. The number of imidazole rings is 1. The van der Waals surface area contributed by atoms with Gasteiger partial charge in [0.05, 0.1) is 24.1 Å². The molecular weight excluding hydrogens is 466 g/mol. The van der Waals surface area contributed by atoms with E-state index < -0.39 is 17.7 Å². The summed E-state index contributed by atoms with van der Waals surface area (Å²) >= 11 is 0. The zero-order valence-electron chi connectivity index (χ0n) is 18.5. The van der Waals surface area contributed by atoms with Crippen molar-refractivity contribution in [1.29, 1.82) is 0 Å². The lowest BCUT2D eigenvalue weighted by atomic mass is 9.91. The van der Waals surface area contributed by atoms with E-state index in [0.29, 0.717) is 23.1 Å². The number of nitrogens with one attached hydrogen (secondary N) is 4. The molecule has 1 saturated heterocycles. The summed E-state index contributed by atoms with van der Waals surface area (Å²) in [5, 5.41) is 13.1. The van der Waals surface area contributed by atoms with Gasteiger partial charge in [0.15, 0.2) is 5.82 Å². The van der Waals surface area contributed by atoms with Gasteiger partial charge in [-0.2, -0.15) is 28.2 Å². The molecule has 0 amide bonds. The minimum Gasteiger partial charge on any atom is -0.350 e. The molecule has 13 heteroatoms. The van der Waals surface area contributed by atoms with Gasteiger partial charge in [0.1, 0.15) is 17.3 Å². The lowest BCUT2D eigenvalue weighted by Gasteiger charge is -2.45. The zero-order valence-corrected chi connectivity index (χ0v) is 18.5. The van der Waals surface area contributed by atoms with Gasteiger partial charge in [-0.05, 0) is 43.9 Å². The van der Waals surface area contributed by atoms with Crippen LogP contribution in [-0.2, 0) is 6.18 Å². The molecule has 1 aromatic carbocycles. The number of hydrogen-bond donors (Lipinski definition) is 4. The van der Waals surface area contributed by atoms with Gasteiger partial charge in [0.2, 0.25) is 11.8 Å². The number of hydrogen-bond acceptors (Lipinski definition) is 7. The fourth-order valence-electron chi connectivity index (χ4n) is 4.29. The summed E-state index contributed by atoms with van der Waals surface area (Å²) < 4.78 is 53.9. The molecule has 2 fully saturated rings. The second-order valence-corrected chi connectivity index (χ2v) is 9.10. The maximum atomic E-state index is 14.9. The van der Waals surface area contributed by atoms with Gasteiger partial charge in [-0.1, -0.05) is 0 Å². The van der Waals surface area contributed by atoms with Gasteiger partial charge in [-0.25, -0.2) is 9.37 Å². The Hall–Kier alpha value is -3.90.